The molecule has 0 aliphatic rings. The van der Waals surface area contributed by atoms with Crippen LogP contribution in [0.1, 0.15) is 23.6 Å². The van der Waals surface area contributed by atoms with Gasteiger partial charge < -0.3 is 5.32 Å². The van der Waals surface area contributed by atoms with Crippen LogP contribution >= 0.6 is 11.8 Å². The third-order valence-electron chi connectivity index (χ3n) is 4.05. The van der Waals surface area contributed by atoms with Gasteiger partial charge in [0, 0.05) is 6.54 Å². The van der Waals surface area contributed by atoms with Crippen molar-refractivity contribution in [2.45, 2.75) is 32.0 Å². The number of aryl methyl sites for hydroxylation is 2. The number of aromatic nitrogens is 3. The molecule has 26 heavy (non-hydrogen) atoms. The lowest BCUT2D eigenvalue weighted by molar-refractivity contribution is -0.118. The summed E-state index contributed by atoms with van der Waals surface area (Å²) in [6, 6.07) is 16.3. The van der Waals surface area contributed by atoms with Gasteiger partial charge in [-0.3, -0.25) is 9.36 Å². The molecule has 0 fully saturated rings. The van der Waals surface area contributed by atoms with Crippen LogP contribution in [0.2, 0.25) is 0 Å². The second-order valence-electron chi connectivity index (χ2n) is 6.02. The maximum atomic E-state index is 12.2. The predicted molar refractivity (Wildman–Crippen MR) is 104 cm³/mol. The van der Waals surface area contributed by atoms with E-state index in [1.807, 2.05) is 47.9 Å². The number of thioether (sulfide) groups is 1. The van der Waals surface area contributed by atoms with Gasteiger partial charge in [-0.15, -0.1) is 10.2 Å². The molecule has 3 rings (SSSR count). The van der Waals surface area contributed by atoms with E-state index < -0.39 is 0 Å². The van der Waals surface area contributed by atoms with E-state index in [4.69, 9.17) is 0 Å². The van der Waals surface area contributed by atoms with Crippen LogP contribution in [0.4, 0.5) is 0 Å². The molecule has 1 aromatic heterocycles. The molecular weight excluding hydrogens is 344 g/mol. The first-order valence-corrected chi connectivity index (χ1v) is 9.59. The van der Waals surface area contributed by atoms with Gasteiger partial charge in [0.15, 0.2) is 5.16 Å². The quantitative estimate of drug-likeness (QED) is 0.650. The van der Waals surface area contributed by atoms with Crippen molar-refractivity contribution in [2.24, 2.45) is 0 Å². The Morgan fingerprint density at radius 3 is 2.85 bits per heavy atom. The van der Waals surface area contributed by atoms with E-state index in [1.54, 1.807) is 6.33 Å². The number of amides is 1. The number of rotatable bonds is 7. The van der Waals surface area contributed by atoms with E-state index in [0.29, 0.717) is 12.3 Å². The fraction of sp³-hybridized carbons (Fsp3) is 0.250. The monoisotopic (exact) mass is 366 g/mol. The molecule has 1 N–H and O–H groups in total. The minimum Gasteiger partial charge on any atom is -0.351 e. The van der Waals surface area contributed by atoms with E-state index in [0.717, 1.165) is 22.8 Å². The predicted octanol–water partition coefficient (Wildman–Crippen LogP) is 3.55. The van der Waals surface area contributed by atoms with Crippen molar-refractivity contribution >= 4 is 17.7 Å². The number of carbonyl (C=O) groups excluding carboxylic acids is 1. The molecule has 0 saturated carbocycles. The number of hydrogen-bond donors (Lipinski definition) is 1. The Balaban J connectivity index is 1.60. The summed E-state index contributed by atoms with van der Waals surface area (Å²) in [7, 11) is 0. The fourth-order valence-corrected chi connectivity index (χ4v) is 3.49. The van der Waals surface area contributed by atoms with Gasteiger partial charge in [0.2, 0.25) is 5.91 Å². The first kappa shape index (κ1) is 18.2. The first-order chi connectivity index (χ1) is 12.7. The van der Waals surface area contributed by atoms with E-state index in [9.17, 15) is 4.79 Å². The molecule has 0 saturated heterocycles. The van der Waals surface area contributed by atoms with Crippen LogP contribution in [-0.4, -0.2) is 26.4 Å². The number of para-hydroxylation sites is 1. The molecule has 0 atom stereocenters. The number of benzene rings is 2. The Labute approximate surface area is 157 Å². The largest absolute Gasteiger partial charge is 0.351 e. The molecule has 0 spiro atoms. The number of nitrogens with zero attached hydrogens (tertiary/aromatic N) is 3. The molecule has 2 aromatic carbocycles. The fourth-order valence-electron chi connectivity index (χ4n) is 2.74. The van der Waals surface area contributed by atoms with Crippen LogP contribution in [-0.2, 0) is 17.8 Å². The first-order valence-electron chi connectivity index (χ1n) is 8.60. The highest BCUT2D eigenvalue weighted by molar-refractivity contribution is 7.99. The lowest BCUT2D eigenvalue weighted by atomic mass is 10.1. The minimum absolute atomic E-state index is 0.0187. The van der Waals surface area contributed by atoms with E-state index in [-0.39, 0.29) is 5.91 Å². The Kier molecular flexibility index (Phi) is 6.07. The average molecular weight is 366 g/mol. The third kappa shape index (κ3) is 4.52. The molecule has 3 aromatic rings. The van der Waals surface area contributed by atoms with Gasteiger partial charge in [0.1, 0.15) is 6.33 Å². The average Bonchev–Trinajstić information content (AvgIpc) is 3.13. The van der Waals surface area contributed by atoms with E-state index in [2.05, 4.69) is 34.6 Å². The maximum absolute atomic E-state index is 12.2. The molecule has 0 bridgehead atoms. The number of hydrogen-bond acceptors (Lipinski definition) is 4. The molecular formula is C20H22N4OS. The lowest BCUT2D eigenvalue weighted by Crippen LogP contribution is -2.24. The van der Waals surface area contributed by atoms with Crippen LogP contribution < -0.4 is 5.32 Å². The van der Waals surface area contributed by atoms with Crippen LogP contribution in [0, 0.1) is 6.92 Å². The van der Waals surface area contributed by atoms with Gasteiger partial charge in [-0.2, -0.15) is 0 Å². The Bertz CT molecular complexity index is 891. The van der Waals surface area contributed by atoms with Crippen molar-refractivity contribution in [3.05, 3.63) is 71.5 Å². The molecule has 0 aliphatic carbocycles. The molecule has 5 nitrogen and oxygen atoms in total. The Morgan fingerprint density at radius 1 is 1.19 bits per heavy atom. The zero-order valence-corrected chi connectivity index (χ0v) is 15.8. The number of carbonyl (C=O) groups is 1. The summed E-state index contributed by atoms with van der Waals surface area (Å²) in [6.07, 6.45) is 2.62. The lowest BCUT2D eigenvalue weighted by Gasteiger charge is -2.10. The summed E-state index contributed by atoms with van der Waals surface area (Å²) in [5.41, 5.74) is 4.57. The zero-order valence-electron chi connectivity index (χ0n) is 15.0. The summed E-state index contributed by atoms with van der Waals surface area (Å²) in [5.74, 6) is 0.286. The summed E-state index contributed by atoms with van der Waals surface area (Å²) < 4.78 is 1.94. The van der Waals surface area contributed by atoms with Gasteiger partial charge in [0.25, 0.3) is 0 Å². The molecule has 0 aliphatic heterocycles. The molecule has 0 radical (unpaired) electrons. The Morgan fingerprint density at radius 2 is 2.04 bits per heavy atom. The van der Waals surface area contributed by atoms with Crippen molar-refractivity contribution in [3.8, 4) is 5.69 Å². The molecule has 6 heteroatoms. The van der Waals surface area contributed by atoms with Crippen LogP contribution in [0.3, 0.4) is 0 Å². The zero-order chi connectivity index (χ0) is 18.4. The normalized spacial score (nSPS) is 10.7. The van der Waals surface area contributed by atoms with Crippen molar-refractivity contribution in [3.63, 3.8) is 0 Å². The van der Waals surface area contributed by atoms with Crippen LogP contribution in [0.15, 0.2) is 60.0 Å². The summed E-state index contributed by atoms with van der Waals surface area (Å²) in [4.78, 5) is 12.2. The van der Waals surface area contributed by atoms with Gasteiger partial charge in [-0.25, -0.2) is 0 Å². The summed E-state index contributed by atoms with van der Waals surface area (Å²) >= 11 is 1.39. The van der Waals surface area contributed by atoms with Crippen molar-refractivity contribution < 1.29 is 4.79 Å². The molecule has 134 valence electrons. The molecule has 1 heterocycles. The SMILES string of the molecule is CCc1ccccc1-n1cnnc1SCC(=O)NCc1cccc(C)c1. The second kappa shape index (κ2) is 8.67. The van der Waals surface area contributed by atoms with Gasteiger partial charge in [0.05, 0.1) is 11.4 Å². The van der Waals surface area contributed by atoms with E-state index in [1.165, 1.54) is 22.9 Å². The summed E-state index contributed by atoms with van der Waals surface area (Å²) in [5, 5.41) is 11.9. The van der Waals surface area contributed by atoms with E-state index >= 15 is 0 Å². The van der Waals surface area contributed by atoms with Crippen molar-refractivity contribution in [1.82, 2.24) is 20.1 Å². The highest BCUT2D eigenvalue weighted by Gasteiger charge is 2.12. The maximum Gasteiger partial charge on any atom is 0.230 e. The van der Waals surface area contributed by atoms with Gasteiger partial charge in [-0.05, 0) is 30.5 Å². The third-order valence-corrected chi connectivity index (χ3v) is 5.00. The molecule has 0 unspecified atom stereocenters. The van der Waals surface area contributed by atoms with Crippen LogP contribution in [0.5, 0.6) is 0 Å². The Hall–Kier alpha value is -2.60. The topological polar surface area (TPSA) is 59.8 Å². The van der Waals surface area contributed by atoms with Crippen LogP contribution in [0.25, 0.3) is 5.69 Å². The highest BCUT2D eigenvalue weighted by Crippen LogP contribution is 2.22. The molecule has 1 amide bonds. The van der Waals surface area contributed by atoms with Gasteiger partial charge >= 0.3 is 0 Å². The summed E-state index contributed by atoms with van der Waals surface area (Å²) in [6.45, 7) is 4.70. The minimum atomic E-state index is -0.0187. The van der Waals surface area contributed by atoms with Gasteiger partial charge in [-0.1, -0.05) is 66.7 Å². The second-order valence-corrected chi connectivity index (χ2v) is 6.96. The standard InChI is InChI=1S/C20H22N4OS/c1-3-17-9-4-5-10-18(17)24-14-22-23-20(24)26-13-19(25)21-12-16-8-6-7-15(2)11-16/h4-11,14H,3,12-13H2,1-2H3,(H,21,25). The number of nitrogens with one attached hydrogen (secondary N) is 1. The highest BCUT2D eigenvalue weighted by atomic mass is 32.2. The van der Waals surface area contributed by atoms with Crippen molar-refractivity contribution in [1.29, 1.82) is 0 Å². The van der Waals surface area contributed by atoms with Crippen molar-refractivity contribution in [2.75, 3.05) is 5.75 Å². The smallest absolute Gasteiger partial charge is 0.230 e.